The van der Waals surface area contributed by atoms with Gasteiger partial charge in [0.05, 0.1) is 6.54 Å². The Bertz CT molecular complexity index is 477. The third-order valence-electron chi connectivity index (χ3n) is 2.67. The van der Waals surface area contributed by atoms with Crippen molar-refractivity contribution in [2.45, 2.75) is 26.4 Å². The van der Waals surface area contributed by atoms with E-state index in [9.17, 15) is 14.0 Å². The molecule has 1 unspecified atom stereocenters. The minimum absolute atomic E-state index is 0.0954. The van der Waals surface area contributed by atoms with Gasteiger partial charge in [-0.3, -0.25) is 14.9 Å². The molecule has 0 radical (unpaired) electrons. The number of benzene rings is 1. The smallest absolute Gasteiger partial charge is 0.320 e. The highest BCUT2D eigenvalue weighted by molar-refractivity contribution is 5.79. The number of halogens is 1. The fraction of sp³-hybridized carbons (Fsp3) is 0.385. The summed E-state index contributed by atoms with van der Waals surface area (Å²) in [5, 5.41) is 13.8. The summed E-state index contributed by atoms with van der Waals surface area (Å²) in [5.41, 5.74) is 1.20. The molecule has 1 aromatic carbocycles. The van der Waals surface area contributed by atoms with Crippen LogP contribution in [0.3, 0.4) is 0 Å². The number of carboxylic acid groups (broad SMARTS) is 1. The molecule has 1 aromatic rings. The van der Waals surface area contributed by atoms with E-state index in [4.69, 9.17) is 5.11 Å². The van der Waals surface area contributed by atoms with Crippen LogP contribution in [0.25, 0.3) is 0 Å². The van der Waals surface area contributed by atoms with Crippen molar-refractivity contribution < 1.29 is 19.1 Å². The molecule has 0 aromatic heterocycles. The standard InChI is InChI=1S/C13H17FN2O3/c1-8-3-4-10(5-11(8)14)6-16-12(17)7-15-9(2)13(18)19/h3-5,9,15H,6-7H2,1-2H3,(H,16,17)(H,18,19). The van der Waals surface area contributed by atoms with Crippen molar-refractivity contribution in [3.8, 4) is 0 Å². The molecule has 1 rings (SSSR count). The molecule has 0 spiro atoms. The molecule has 0 aliphatic heterocycles. The zero-order valence-electron chi connectivity index (χ0n) is 10.9. The minimum Gasteiger partial charge on any atom is -0.480 e. The van der Waals surface area contributed by atoms with Crippen molar-refractivity contribution in [3.05, 3.63) is 35.1 Å². The van der Waals surface area contributed by atoms with E-state index in [1.165, 1.54) is 13.0 Å². The van der Waals surface area contributed by atoms with Crippen LogP contribution in [0.5, 0.6) is 0 Å². The quantitative estimate of drug-likeness (QED) is 0.713. The first-order valence-electron chi connectivity index (χ1n) is 5.88. The first kappa shape index (κ1) is 15.1. The predicted molar refractivity (Wildman–Crippen MR) is 68.1 cm³/mol. The van der Waals surface area contributed by atoms with E-state index < -0.39 is 12.0 Å². The van der Waals surface area contributed by atoms with Crippen LogP contribution < -0.4 is 10.6 Å². The Labute approximate surface area is 110 Å². The van der Waals surface area contributed by atoms with Crippen molar-refractivity contribution in [1.82, 2.24) is 10.6 Å². The Morgan fingerprint density at radius 1 is 1.42 bits per heavy atom. The maximum Gasteiger partial charge on any atom is 0.320 e. The number of rotatable bonds is 6. The summed E-state index contributed by atoms with van der Waals surface area (Å²) in [7, 11) is 0. The van der Waals surface area contributed by atoms with Gasteiger partial charge in [0.2, 0.25) is 5.91 Å². The molecule has 0 fully saturated rings. The van der Waals surface area contributed by atoms with Gasteiger partial charge in [-0.1, -0.05) is 12.1 Å². The van der Waals surface area contributed by atoms with Crippen molar-refractivity contribution in [2.24, 2.45) is 0 Å². The van der Waals surface area contributed by atoms with Crippen LogP contribution in [-0.2, 0) is 16.1 Å². The van der Waals surface area contributed by atoms with Gasteiger partial charge in [0.1, 0.15) is 11.9 Å². The molecule has 1 atom stereocenters. The second kappa shape index (κ2) is 6.84. The lowest BCUT2D eigenvalue weighted by atomic mass is 10.1. The molecule has 6 heteroatoms. The molecule has 0 aliphatic rings. The summed E-state index contributed by atoms with van der Waals surface area (Å²) in [6, 6.07) is 3.94. The molecule has 104 valence electrons. The van der Waals surface area contributed by atoms with Gasteiger partial charge in [-0.05, 0) is 31.0 Å². The van der Waals surface area contributed by atoms with E-state index in [-0.39, 0.29) is 24.8 Å². The van der Waals surface area contributed by atoms with Gasteiger partial charge in [0.25, 0.3) is 0 Å². The van der Waals surface area contributed by atoms with Crippen LogP contribution in [0.15, 0.2) is 18.2 Å². The van der Waals surface area contributed by atoms with Crippen LogP contribution in [0, 0.1) is 12.7 Å². The number of hydrogen-bond donors (Lipinski definition) is 3. The van der Waals surface area contributed by atoms with Crippen LogP contribution in [0.1, 0.15) is 18.1 Å². The predicted octanol–water partition coefficient (Wildman–Crippen LogP) is 0.813. The van der Waals surface area contributed by atoms with Gasteiger partial charge in [0, 0.05) is 6.54 Å². The van der Waals surface area contributed by atoms with E-state index in [0.29, 0.717) is 11.1 Å². The molecule has 0 saturated carbocycles. The van der Waals surface area contributed by atoms with E-state index in [0.717, 1.165) is 0 Å². The van der Waals surface area contributed by atoms with Crippen LogP contribution in [0.2, 0.25) is 0 Å². The summed E-state index contributed by atoms with van der Waals surface area (Å²) in [6.07, 6.45) is 0. The van der Waals surface area contributed by atoms with Gasteiger partial charge in [-0.2, -0.15) is 0 Å². The molecule has 3 N–H and O–H groups in total. The Hall–Kier alpha value is -1.95. The van der Waals surface area contributed by atoms with Crippen LogP contribution in [-0.4, -0.2) is 29.6 Å². The highest BCUT2D eigenvalue weighted by Crippen LogP contribution is 2.08. The second-order valence-corrected chi connectivity index (χ2v) is 4.30. The molecule has 19 heavy (non-hydrogen) atoms. The number of carboxylic acids is 1. The molecule has 0 saturated heterocycles. The molecule has 5 nitrogen and oxygen atoms in total. The number of aliphatic carboxylic acids is 1. The topological polar surface area (TPSA) is 78.4 Å². The lowest BCUT2D eigenvalue weighted by Gasteiger charge is -2.10. The van der Waals surface area contributed by atoms with Crippen molar-refractivity contribution >= 4 is 11.9 Å². The van der Waals surface area contributed by atoms with Gasteiger partial charge < -0.3 is 10.4 Å². The highest BCUT2D eigenvalue weighted by atomic mass is 19.1. The number of nitrogens with one attached hydrogen (secondary N) is 2. The SMILES string of the molecule is Cc1ccc(CNC(=O)CNC(C)C(=O)O)cc1F. The number of hydrogen-bond acceptors (Lipinski definition) is 3. The largest absolute Gasteiger partial charge is 0.480 e. The highest BCUT2D eigenvalue weighted by Gasteiger charge is 2.11. The Balaban J connectivity index is 2.37. The zero-order chi connectivity index (χ0) is 14.4. The third-order valence-corrected chi connectivity index (χ3v) is 2.67. The lowest BCUT2D eigenvalue weighted by molar-refractivity contribution is -0.139. The average molecular weight is 268 g/mol. The Morgan fingerprint density at radius 3 is 2.68 bits per heavy atom. The van der Waals surface area contributed by atoms with Crippen molar-refractivity contribution in [1.29, 1.82) is 0 Å². The first-order valence-corrected chi connectivity index (χ1v) is 5.88. The monoisotopic (exact) mass is 268 g/mol. The fourth-order valence-corrected chi connectivity index (χ4v) is 1.34. The number of aryl methyl sites for hydroxylation is 1. The lowest BCUT2D eigenvalue weighted by Crippen LogP contribution is -2.41. The van der Waals surface area contributed by atoms with Gasteiger partial charge in [-0.25, -0.2) is 4.39 Å². The fourth-order valence-electron chi connectivity index (χ4n) is 1.34. The van der Waals surface area contributed by atoms with Gasteiger partial charge >= 0.3 is 5.97 Å². The van der Waals surface area contributed by atoms with E-state index in [1.54, 1.807) is 19.1 Å². The summed E-state index contributed by atoms with van der Waals surface area (Å²) in [5.74, 6) is -1.67. The number of amides is 1. The van der Waals surface area contributed by atoms with Gasteiger partial charge in [0.15, 0.2) is 0 Å². The van der Waals surface area contributed by atoms with Crippen LogP contribution in [0.4, 0.5) is 4.39 Å². The summed E-state index contributed by atoms with van der Waals surface area (Å²) >= 11 is 0. The molecule has 0 heterocycles. The molecule has 0 bridgehead atoms. The van der Waals surface area contributed by atoms with Crippen molar-refractivity contribution in [3.63, 3.8) is 0 Å². The van der Waals surface area contributed by atoms with Crippen LogP contribution >= 0.6 is 0 Å². The molecular weight excluding hydrogens is 251 g/mol. The Kier molecular flexibility index (Phi) is 5.44. The van der Waals surface area contributed by atoms with Gasteiger partial charge in [-0.15, -0.1) is 0 Å². The second-order valence-electron chi connectivity index (χ2n) is 4.30. The summed E-state index contributed by atoms with van der Waals surface area (Å²) in [4.78, 5) is 22.0. The van der Waals surface area contributed by atoms with Crippen molar-refractivity contribution in [2.75, 3.05) is 6.54 Å². The number of carbonyl (C=O) groups is 2. The number of carbonyl (C=O) groups excluding carboxylic acids is 1. The Morgan fingerprint density at radius 2 is 2.11 bits per heavy atom. The van der Waals surface area contributed by atoms with E-state index >= 15 is 0 Å². The molecule has 0 aliphatic carbocycles. The van der Waals surface area contributed by atoms with E-state index in [2.05, 4.69) is 10.6 Å². The molecule has 1 amide bonds. The summed E-state index contributed by atoms with van der Waals surface area (Å²) in [6.45, 7) is 3.22. The minimum atomic E-state index is -1.02. The zero-order valence-corrected chi connectivity index (χ0v) is 10.9. The maximum atomic E-state index is 13.3. The van der Waals surface area contributed by atoms with E-state index in [1.807, 2.05) is 0 Å². The molecular formula is C13H17FN2O3. The maximum absolute atomic E-state index is 13.3. The first-order chi connectivity index (χ1) is 8.90. The third kappa shape index (κ3) is 5.05. The normalized spacial score (nSPS) is 11.9. The summed E-state index contributed by atoms with van der Waals surface area (Å²) < 4.78 is 13.3. The average Bonchev–Trinajstić information content (AvgIpc) is 2.37.